The molecule has 1 fully saturated rings. The number of ether oxygens (including phenoxy) is 1. The molecular formula is C24H27F3N4O3S. The summed E-state index contributed by atoms with van der Waals surface area (Å²) in [5.41, 5.74) is 1.58. The highest BCUT2D eigenvalue weighted by molar-refractivity contribution is 7.21. The Kier molecular flexibility index (Phi) is 7.18. The molecule has 1 aliphatic rings. The van der Waals surface area contributed by atoms with Crippen LogP contribution in [0.25, 0.3) is 10.3 Å². The molecule has 3 heterocycles. The molecule has 11 heteroatoms. The van der Waals surface area contributed by atoms with Gasteiger partial charge in [0.25, 0.3) is 0 Å². The van der Waals surface area contributed by atoms with Crippen LogP contribution in [0.2, 0.25) is 0 Å². The normalized spacial score (nSPS) is 17.3. The summed E-state index contributed by atoms with van der Waals surface area (Å²) in [5.74, 6) is -0.208. The summed E-state index contributed by atoms with van der Waals surface area (Å²) in [6, 6.07) is 8.21. The number of aromatic nitrogens is 2. The first-order valence-electron chi connectivity index (χ1n) is 11.3. The molecule has 1 saturated heterocycles. The molecular weight excluding hydrogens is 481 g/mol. The largest absolute Gasteiger partial charge is 0.482 e. The van der Waals surface area contributed by atoms with Gasteiger partial charge in [0.2, 0.25) is 0 Å². The molecule has 188 valence electrons. The molecule has 0 amide bonds. The zero-order valence-corrected chi connectivity index (χ0v) is 20.5. The zero-order chi connectivity index (χ0) is 25.3. The number of piperazine rings is 1. The third kappa shape index (κ3) is 6.02. The van der Waals surface area contributed by atoms with E-state index < -0.39 is 24.4 Å². The number of aryl methyl sites for hydroxylation is 1. The van der Waals surface area contributed by atoms with E-state index in [0.29, 0.717) is 29.5 Å². The summed E-state index contributed by atoms with van der Waals surface area (Å²) in [6.45, 7) is 8.67. The van der Waals surface area contributed by atoms with Crippen molar-refractivity contribution in [2.45, 2.75) is 39.5 Å². The lowest BCUT2D eigenvalue weighted by atomic mass is 9.99. The van der Waals surface area contributed by atoms with Gasteiger partial charge in [-0.1, -0.05) is 31.3 Å². The fourth-order valence-corrected chi connectivity index (χ4v) is 5.33. The highest BCUT2D eigenvalue weighted by Gasteiger charge is 2.34. The fourth-order valence-electron chi connectivity index (χ4n) is 4.31. The molecule has 0 bridgehead atoms. The van der Waals surface area contributed by atoms with Crippen LogP contribution < -0.4 is 9.64 Å². The van der Waals surface area contributed by atoms with Gasteiger partial charge < -0.3 is 14.7 Å². The number of hydrogen-bond acceptors (Lipinski definition) is 7. The molecule has 4 rings (SSSR count). The second-order valence-electron chi connectivity index (χ2n) is 9.09. The van der Waals surface area contributed by atoms with E-state index in [0.717, 1.165) is 30.3 Å². The third-order valence-corrected chi connectivity index (χ3v) is 6.93. The predicted octanol–water partition coefficient (Wildman–Crippen LogP) is 4.83. The molecule has 1 aliphatic heterocycles. The Balaban J connectivity index is 1.50. The summed E-state index contributed by atoms with van der Waals surface area (Å²) < 4.78 is 44.6. The smallest absolute Gasteiger partial charge is 0.433 e. The minimum Gasteiger partial charge on any atom is -0.482 e. The predicted molar refractivity (Wildman–Crippen MR) is 128 cm³/mol. The molecule has 0 aliphatic carbocycles. The number of benzene rings is 1. The van der Waals surface area contributed by atoms with E-state index in [1.807, 2.05) is 19.1 Å². The van der Waals surface area contributed by atoms with Crippen LogP contribution in [0.5, 0.6) is 5.75 Å². The Morgan fingerprint density at radius 1 is 1.23 bits per heavy atom. The molecule has 0 spiro atoms. The summed E-state index contributed by atoms with van der Waals surface area (Å²) in [7, 11) is 0. The van der Waals surface area contributed by atoms with E-state index in [9.17, 15) is 18.0 Å². The number of thiazole rings is 1. The Bertz CT molecular complexity index is 1210. The molecule has 1 atom stereocenters. The first-order chi connectivity index (χ1) is 16.5. The number of hydrogen-bond donors (Lipinski definition) is 1. The van der Waals surface area contributed by atoms with Crippen molar-refractivity contribution in [1.29, 1.82) is 0 Å². The lowest BCUT2D eigenvalue weighted by Crippen LogP contribution is -2.55. The zero-order valence-electron chi connectivity index (χ0n) is 19.7. The number of aliphatic carboxylic acids is 1. The molecule has 0 radical (unpaired) electrons. The number of pyridine rings is 1. The minimum absolute atomic E-state index is 0.124. The number of anilines is 1. The van der Waals surface area contributed by atoms with Crippen LogP contribution in [0.4, 0.5) is 18.3 Å². The average Bonchev–Trinajstić information content (AvgIpc) is 3.20. The maximum Gasteiger partial charge on any atom is 0.433 e. The number of nitrogens with zero attached hydrogens (tertiary/aromatic N) is 4. The average molecular weight is 509 g/mol. The Hall–Kier alpha value is -2.92. The van der Waals surface area contributed by atoms with Gasteiger partial charge in [-0.15, -0.1) is 0 Å². The van der Waals surface area contributed by atoms with Crippen LogP contribution in [0, 0.1) is 12.8 Å². The van der Waals surface area contributed by atoms with Gasteiger partial charge in [-0.2, -0.15) is 13.2 Å². The number of alkyl halides is 3. The van der Waals surface area contributed by atoms with E-state index >= 15 is 0 Å². The highest BCUT2D eigenvalue weighted by atomic mass is 32.1. The van der Waals surface area contributed by atoms with Crippen molar-refractivity contribution in [3.63, 3.8) is 0 Å². The van der Waals surface area contributed by atoms with E-state index in [1.54, 1.807) is 0 Å². The summed E-state index contributed by atoms with van der Waals surface area (Å²) >= 11 is 1.19. The van der Waals surface area contributed by atoms with Gasteiger partial charge in [0, 0.05) is 32.2 Å². The second kappa shape index (κ2) is 9.98. The maximum atomic E-state index is 13.1. The van der Waals surface area contributed by atoms with Crippen LogP contribution >= 0.6 is 11.3 Å². The molecule has 7 nitrogen and oxygen atoms in total. The van der Waals surface area contributed by atoms with E-state index in [1.165, 1.54) is 17.4 Å². The number of halogens is 3. The quantitative estimate of drug-likeness (QED) is 0.490. The molecule has 0 saturated carbocycles. The Labute approximate surface area is 205 Å². The summed E-state index contributed by atoms with van der Waals surface area (Å²) in [5, 5.41) is 9.56. The molecule has 1 aromatic carbocycles. The monoisotopic (exact) mass is 508 g/mol. The van der Waals surface area contributed by atoms with Gasteiger partial charge >= 0.3 is 12.1 Å². The first-order valence-corrected chi connectivity index (χ1v) is 12.1. The Morgan fingerprint density at radius 3 is 2.69 bits per heavy atom. The van der Waals surface area contributed by atoms with Gasteiger partial charge in [0.15, 0.2) is 11.7 Å². The van der Waals surface area contributed by atoms with Crippen LogP contribution in [0.3, 0.4) is 0 Å². The van der Waals surface area contributed by atoms with E-state index in [2.05, 4.69) is 39.7 Å². The van der Waals surface area contributed by atoms with Crippen molar-refractivity contribution >= 4 is 32.8 Å². The van der Waals surface area contributed by atoms with E-state index in [-0.39, 0.29) is 16.8 Å². The minimum atomic E-state index is -4.49. The lowest BCUT2D eigenvalue weighted by Gasteiger charge is -2.43. The van der Waals surface area contributed by atoms with Crippen LogP contribution in [-0.2, 0) is 17.5 Å². The number of fused-ring (bicyclic) bond motifs is 1. The standard InChI is InChI=1S/C24H27F3N4O3S/c1-14(2)19-12-30(11-16-8-15(3)9-17(10-16)34-13-21(32)33)6-7-31(19)23-28-18-4-5-20(24(25,26)27)29-22(18)35-23/h4-5,8-10,14,19H,6-7,11-13H2,1-3H3,(H,32,33)/t19-/m1/s1. The summed E-state index contributed by atoms with van der Waals surface area (Å²) in [4.78, 5) is 24.0. The van der Waals surface area contributed by atoms with Crippen molar-refractivity contribution in [2.75, 3.05) is 31.1 Å². The Morgan fingerprint density at radius 2 is 2.00 bits per heavy atom. The SMILES string of the molecule is Cc1cc(CN2CCN(c3nc4ccc(C(F)(F)F)nc4s3)[C@@H](C(C)C)C2)cc(OCC(=O)O)c1. The van der Waals surface area contributed by atoms with Crippen molar-refractivity contribution in [3.8, 4) is 5.75 Å². The van der Waals surface area contributed by atoms with Gasteiger partial charge in [-0.3, -0.25) is 4.90 Å². The molecule has 0 unspecified atom stereocenters. The van der Waals surface area contributed by atoms with Crippen molar-refractivity contribution in [1.82, 2.24) is 14.9 Å². The highest BCUT2D eigenvalue weighted by Crippen LogP contribution is 2.35. The van der Waals surface area contributed by atoms with Crippen LogP contribution in [0.1, 0.15) is 30.7 Å². The third-order valence-electron chi connectivity index (χ3n) is 5.93. The van der Waals surface area contributed by atoms with Crippen molar-refractivity contribution in [3.05, 3.63) is 47.2 Å². The van der Waals surface area contributed by atoms with Gasteiger partial charge in [-0.05, 0) is 48.2 Å². The lowest BCUT2D eigenvalue weighted by molar-refractivity contribution is -0.141. The molecule has 3 aromatic rings. The topological polar surface area (TPSA) is 78.8 Å². The first kappa shape index (κ1) is 25.2. The van der Waals surface area contributed by atoms with Gasteiger partial charge in [-0.25, -0.2) is 14.8 Å². The fraction of sp³-hybridized carbons (Fsp3) is 0.458. The molecule has 2 aromatic heterocycles. The molecule has 1 N–H and O–H groups in total. The molecule has 35 heavy (non-hydrogen) atoms. The van der Waals surface area contributed by atoms with Gasteiger partial charge in [0.1, 0.15) is 21.8 Å². The van der Waals surface area contributed by atoms with Crippen LogP contribution in [0.15, 0.2) is 30.3 Å². The number of rotatable bonds is 7. The number of carbonyl (C=O) groups is 1. The van der Waals surface area contributed by atoms with Crippen LogP contribution in [-0.4, -0.2) is 58.2 Å². The van der Waals surface area contributed by atoms with Crippen molar-refractivity contribution < 1.29 is 27.8 Å². The van der Waals surface area contributed by atoms with E-state index in [4.69, 9.17) is 9.84 Å². The number of carboxylic acid groups (broad SMARTS) is 1. The van der Waals surface area contributed by atoms with Crippen molar-refractivity contribution in [2.24, 2.45) is 5.92 Å². The van der Waals surface area contributed by atoms with Gasteiger partial charge in [0.05, 0.1) is 0 Å². The number of carboxylic acids is 1. The summed E-state index contributed by atoms with van der Waals surface area (Å²) in [6.07, 6.45) is -4.49. The second-order valence-corrected chi connectivity index (χ2v) is 10.0. The maximum absolute atomic E-state index is 13.1.